The van der Waals surface area contributed by atoms with Gasteiger partial charge in [0.05, 0.1) is 0 Å². The number of rotatable bonds is 1. The maximum absolute atomic E-state index is 9.51. The molecule has 1 atom stereocenters. The summed E-state index contributed by atoms with van der Waals surface area (Å²) in [6.07, 6.45) is 0. The monoisotopic (exact) mass is 179 g/mol. The van der Waals surface area contributed by atoms with E-state index in [2.05, 4.69) is 0 Å². The van der Waals surface area contributed by atoms with Gasteiger partial charge in [-0.3, -0.25) is 0 Å². The molecule has 0 aromatic heterocycles. The first-order valence-electron chi connectivity index (χ1n) is 4.29. The third-order valence-corrected chi connectivity index (χ3v) is 2.69. The molecule has 3 heteroatoms. The van der Waals surface area contributed by atoms with Crippen LogP contribution in [0, 0.1) is 0 Å². The summed E-state index contributed by atoms with van der Waals surface area (Å²) in [5.74, 6) is 0.867. The first-order chi connectivity index (χ1) is 6.14. The Balaban J connectivity index is 2.49. The fourth-order valence-corrected chi connectivity index (χ4v) is 1.60. The van der Waals surface area contributed by atoms with Gasteiger partial charge in [-0.25, -0.2) is 0 Å². The molecule has 1 aliphatic rings. The van der Waals surface area contributed by atoms with Crippen molar-refractivity contribution in [1.29, 1.82) is 0 Å². The van der Waals surface area contributed by atoms with Crippen molar-refractivity contribution in [3.8, 4) is 5.75 Å². The van der Waals surface area contributed by atoms with Gasteiger partial charge in [-0.15, -0.1) is 0 Å². The molecular weight excluding hydrogens is 166 g/mol. The van der Waals surface area contributed by atoms with Crippen molar-refractivity contribution < 1.29 is 9.94 Å². The van der Waals surface area contributed by atoms with E-state index < -0.39 is 5.54 Å². The van der Waals surface area contributed by atoms with Crippen LogP contribution in [-0.4, -0.2) is 23.9 Å². The van der Waals surface area contributed by atoms with E-state index in [0.717, 1.165) is 11.3 Å². The van der Waals surface area contributed by atoms with Crippen LogP contribution in [0.25, 0.3) is 0 Å². The Kier molecular flexibility index (Phi) is 1.78. The largest absolute Gasteiger partial charge is 0.491 e. The summed E-state index contributed by atoms with van der Waals surface area (Å²) in [4.78, 5) is 0. The zero-order valence-corrected chi connectivity index (χ0v) is 7.82. The summed E-state index contributed by atoms with van der Waals surface area (Å²) in [5.41, 5.74) is 0.636. The lowest BCUT2D eigenvalue weighted by molar-refractivity contribution is -0.153. The fraction of sp³-hybridized carbons (Fsp3) is 0.400. The lowest BCUT2D eigenvalue weighted by Gasteiger charge is -2.28. The normalized spacial score (nSPS) is 25.8. The number of hydroxylamine groups is 2. The first kappa shape index (κ1) is 8.53. The number of nitrogens with zero attached hydrogens (tertiary/aromatic N) is 1. The molecule has 1 aromatic carbocycles. The second-order valence-corrected chi connectivity index (χ2v) is 3.58. The zero-order valence-electron chi connectivity index (χ0n) is 7.82. The van der Waals surface area contributed by atoms with Gasteiger partial charge in [0.25, 0.3) is 0 Å². The van der Waals surface area contributed by atoms with Crippen molar-refractivity contribution in [3.05, 3.63) is 29.8 Å². The number of para-hydroxylation sites is 1. The van der Waals surface area contributed by atoms with Gasteiger partial charge in [-0.2, -0.15) is 5.06 Å². The molecule has 1 aliphatic heterocycles. The lowest BCUT2D eigenvalue weighted by atomic mass is 9.94. The van der Waals surface area contributed by atoms with Gasteiger partial charge < -0.3 is 9.94 Å². The van der Waals surface area contributed by atoms with Gasteiger partial charge in [-0.1, -0.05) is 18.2 Å². The molecule has 0 aliphatic carbocycles. The first-order valence-corrected chi connectivity index (χ1v) is 4.29. The highest BCUT2D eigenvalue weighted by Crippen LogP contribution is 2.39. The molecule has 0 bridgehead atoms. The maximum atomic E-state index is 9.51. The highest BCUT2D eigenvalue weighted by Gasteiger charge is 2.39. The van der Waals surface area contributed by atoms with Crippen LogP contribution in [0.2, 0.25) is 0 Å². The molecule has 2 rings (SSSR count). The minimum absolute atomic E-state index is 0.406. The summed E-state index contributed by atoms with van der Waals surface area (Å²) in [5, 5.41) is 10.7. The molecule has 3 nitrogen and oxygen atoms in total. The fourth-order valence-electron chi connectivity index (χ4n) is 1.60. The van der Waals surface area contributed by atoms with E-state index >= 15 is 0 Å². The van der Waals surface area contributed by atoms with Gasteiger partial charge in [0.2, 0.25) is 0 Å². The van der Waals surface area contributed by atoms with Crippen LogP contribution in [0.3, 0.4) is 0 Å². The Morgan fingerprint density at radius 3 is 2.85 bits per heavy atom. The smallest absolute Gasteiger partial charge is 0.124 e. The minimum atomic E-state index is -0.406. The van der Waals surface area contributed by atoms with Crippen LogP contribution in [-0.2, 0) is 5.54 Å². The van der Waals surface area contributed by atoms with Crippen LogP contribution in [0.15, 0.2) is 24.3 Å². The summed E-state index contributed by atoms with van der Waals surface area (Å²) < 4.78 is 5.47. The summed E-state index contributed by atoms with van der Waals surface area (Å²) in [7, 11) is 1.64. The molecule has 1 N–H and O–H groups in total. The minimum Gasteiger partial charge on any atom is -0.491 e. The highest BCUT2D eigenvalue weighted by atomic mass is 16.5. The molecule has 1 unspecified atom stereocenters. The molecule has 0 fully saturated rings. The molecule has 70 valence electrons. The SMILES string of the molecule is CN(O)C1(C)COc2ccccc21. The third-order valence-electron chi connectivity index (χ3n) is 2.69. The zero-order chi connectivity index (χ0) is 9.47. The lowest BCUT2D eigenvalue weighted by Crippen LogP contribution is -2.40. The van der Waals surface area contributed by atoms with Gasteiger partial charge in [0, 0.05) is 12.6 Å². The Bertz CT molecular complexity index is 324. The van der Waals surface area contributed by atoms with Crippen LogP contribution in [0.5, 0.6) is 5.75 Å². The molecule has 0 spiro atoms. The molecule has 0 radical (unpaired) electrons. The van der Waals surface area contributed by atoms with Crippen molar-refractivity contribution in [3.63, 3.8) is 0 Å². The van der Waals surface area contributed by atoms with E-state index in [-0.39, 0.29) is 0 Å². The maximum Gasteiger partial charge on any atom is 0.124 e. The Morgan fingerprint density at radius 1 is 1.46 bits per heavy atom. The van der Waals surface area contributed by atoms with E-state index in [1.807, 2.05) is 31.2 Å². The van der Waals surface area contributed by atoms with E-state index in [0.29, 0.717) is 6.61 Å². The Morgan fingerprint density at radius 2 is 2.15 bits per heavy atom. The number of benzene rings is 1. The van der Waals surface area contributed by atoms with Crippen LogP contribution >= 0.6 is 0 Å². The van der Waals surface area contributed by atoms with Crippen molar-refractivity contribution in [2.24, 2.45) is 0 Å². The van der Waals surface area contributed by atoms with Crippen molar-refractivity contribution in [1.82, 2.24) is 5.06 Å². The predicted octanol–water partition coefficient (Wildman–Crippen LogP) is 1.62. The van der Waals surface area contributed by atoms with Crippen LogP contribution in [0.1, 0.15) is 12.5 Å². The quantitative estimate of drug-likeness (QED) is 0.665. The number of fused-ring (bicyclic) bond motifs is 1. The second kappa shape index (κ2) is 2.72. The standard InChI is InChI=1S/C10H13NO2/c1-10(11(2)12)7-13-9-6-4-3-5-8(9)10/h3-6,12H,7H2,1-2H3. The Hall–Kier alpha value is -1.06. The number of hydrogen-bond donors (Lipinski definition) is 1. The molecule has 0 saturated carbocycles. The number of ether oxygens (including phenoxy) is 1. The summed E-state index contributed by atoms with van der Waals surface area (Å²) in [6, 6.07) is 7.79. The van der Waals surface area contributed by atoms with Crippen LogP contribution < -0.4 is 4.74 Å². The van der Waals surface area contributed by atoms with E-state index in [9.17, 15) is 5.21 Å². The van der Waals surface area contributed by atoms with Crippen molar-refractivity contribution >= 4 is 0 Å². The van der Waals surface area contributed by atoms with E-state index in [1.54, 1.807) is 7.05 Å². The molecule has 1 heterocycles. The van der Waals surface area contributed by atoms with Gasteiger partial charge in [-0.05, 0) is 13.0 Å². The predicted molar refractivity (Wildman–Crippen MR) is 48.8 cm³/mol. The summed E-state index contributed by atoms with van der Waals surface area (Å²) >= 11 is 0. The summed E-state index contributed by atoms with van der Waals surface area (Å²) in [6.45, 7) is 2.46. The van der Waals surface area contributed by atoms with Gasteiger partial charge in [0.15, 0.2) is 0 Å². The van der Waals surface area contributed by atoms with Crippen LogP contribution in [0.4, 0.5) is 0 Å². The van der Waals surface area contributed by atoms with E-state index in [1.165, 1.54) is 5.06 Å². The van der Waals surface area contributed by atoms with E-state index in [4.69, 9.17) is 4.74 Å². The van der Waals surface area contributed by atoms with Gasteiger partial charge >= 0.3 is 0 Å². The second-order valence-electron chi connectivity index (χ2n) is 3.58. The molecular formula is C10H13NO2. The number of likely N-dealkylation sites (N-methyl/N-ethyl adjacent to an activating group) is 1. The average Bonchev–Trinajstić information content (AvgIpc) is 2.47. The Labute approximate surface area is 77.5 Å². The molecule has 1 aromatic rings. The van der Waals surface area contributed by atoms with Crippen molar-refractivity contribution in [2.45, 2.75) is 12.5 Å². The topological polar surface area (TPSA) is 32.7 Å². The molecule has 13 heavy (non-hydrogen) atoms. The molecule has 0 amide bonds. The van der Waals surface area contributed by atoms with Gasteiger partial charge in [0.1, 0.15) is 17.9 Å². The van der Waals surface area contributed by atoms with Crippen molar-refractivity contribution in [2.75, 3.05) is 13.7 Å². The highest BCUT2D eigenvalue weighted by molar-refractivity contribution is 5.42. The number of hydrogen-bond acceptors (Lipinski definition) is 3. The molecule has 0 saturated heterocycles. The third kappa shape index (κ3) is 1.12. The average molecular weight is 179 g/mol.